The number of hydrogen-bond donors (Lipinski definition) is 1. The van der Waals surface area contributed by atoms with E-state index in [-0.39, 0.29) is 30.8 Å². The lowest BCUT2D eigenvalue weighted by Crippen LogP contribution is -2.51. The highest BCUT2D eigenvalue weighted by molar-refractivity contribution is 6.73. The molecule has 0 bridgehead atoms. The Morgan fingerprint density at radius 2 is 1.66 bits per heavy atom. The van der Waals surface area contributed by atoms with E-state index >= 15 is 0 Å². The summed E-state index contributed by atoms with van der Waals surface area (Å²) in [6, 6.07) is 21.3. The monoisotopic (exact) mass is 498 g/mol. The Balaban J connectivity index is 1.72. The Morgan fingerprint density at radius 3 is 2.26 bits per heavy atom. The molecule has 35 heavy (non-hydrogen) atoms. The number of nitrogens with zero attached hydrogens (tertiary/aromatic N) is 1. The predicted octanol–water partition coefficient (Wildman–Crippen LogP) is 5.97. The van der Waals surface area contributed by atoms with Crippen molar-refractivity contribution in [2.24, 2.45) is 0 Å². The minimum absolute atomic E-state index is 0.0666. The summed E-state index contributed by atoms with van der Waals surface area (Å²) in [4.78, 5) is 15.2. The van der Waals surface area contributed by atoms with Crippen LogP contribution in [-0.4, -0.2) is 51.2 Å². The lowest BCUT2D eigenvalue weighted by atomic mass is 10.1. The van der Waals surface area contributed by atoms with Crippen LogP contribution >= 0.6 is 0 Å². The van der Waals surface area contributed by atoms with Gasteiger partial charge in [0.05, 0.1) is 19.8 Å². The van der Waals surface area contributed by atoms with E-state index in [2.05, 4.69) is 45.1 Å². The first kappa shape index (κ1) is 27.2. The normalized spacial score (nSPS) is 20.1. The van der Waals surface area contributed by atoms with Crippen molar-refractivity contribution in [1.82, 2.24) is 10.2 Å². The molecule has 1 aliphatic heterocycles. The molecule has 0 spiro atoms. The Kier molecular flexibility index (Phi) is 10.2. The van der Waals surface area contributed by atoms with E-state index in [9.17, 15) is 4.79 Å². The summed E-state index contributed by atoms with van der Waals surface area (Å²) in [5.74, 6) is 0.849. The quantitative estimate of drug-likeness (QED) is 0.365. The fourth-order valence-electron chi connectivity index (χ4n) is 4.99. The molecule has 0 saturated carbocycles. The van der Waals surface area contributed by atoms with E-state index in [1.165, 1.54) is 5.56 Å². The molecule has 2 aromatic rings. The van der Waals surface area contributed by atoms with Gasteiger partial charge in [0.2, 0.25) is 0 Å². The number of hydrogen-bond acceptors (Lipinski definition) is 5. The molecule has 1 fully saturated rings. The maximum atomic E-state index is 13.3. The van der Waals surface area contributed by atoms with Crippen LogP contribution in [0.15, 0.2) is 54.6 Å². The third kappa shape index (κ3) is 7.09. The molecular weight excluding hydrogens is 456 g/mol. The van der Waals surface area contributed by atoms with Gasteiger partial charge in [-0.3, -0.25) is 4.90 Å². The van der Waals surface area contributed by atoms with Crippen LogP contribution in [0.3, 0.4) is 0 Å². The van der Waals surface area contributed by atoms with Crippen LogP contribution in [0.25, 0.3) is 0 Å². The summed E-state index contributed by atoms with van der Waals surface area (Å²) in [5, 5.41) is 3.71. The average Bonchev–Trinajstić information content (AvgIpc) is 3.23. The first-order chi connectivity index (χ1) is 16.9. The first-order valence-electron chi connectivity index (χ1n) is 12.9. The minimum Gasteiger partial charge on any atom is -0.497 e. The van der Waals surface area contributed by atoms with Gasteiger partial charge < -0.3 is 19.2 Å². The average molecular weight is 499 g/mol. The molecule has 0 unspecified atom stereocenters. The fourth-order valence-corrected chi connectivity index (χ4v) is 7.63. The van der Waals surface area contributed by atoms with Crippen LogP contribution in [0, 0.1) is 0 Å². The summed E-state index contributed by atoms with van der Waals surface area (Å²) in [7, 11) is -0.114. The highest BCUT2D eigenvalue weighted by Gasteiger charge is 2.44. The zero-order valence-corrected chi connectivity index (χ0v) is 23.0. The number of amides is 1. The number of carbonyl (C=O) groups is 1. The second-order valence-electron chi connectivity index (χ2n) is 9.49. The number of rotatable bonds is 12. The summed E-state index contributed by atoms with van der Waals surface area (Å²) in [6.45, 7) is 10.4. The van der Waals surface area contributed by atoms with Crippen molar-refractivity contribution in [2.75, 3.05) is 13.7 Å². The SMILES string of the molecule is CC[Si](CC)(CC)OC[C@H]1[C@@H](NCc2ccc(OC)cc2)C[C@@H](C)N1C(=O)OCc1ccccc1. The molecule has 6 nitrogen and oxygen atoms in total. The molecule has 1 amide bonds. The molecule has 1 saturated heterocycles. The largest absolute Gasteiger partial charge is 0.497 e. The predicted molar refractivity (Wildman–Crippen MR) is 143 cm³/mol. The molecule has 1 aliphatic rings. The lowest BCUT2D eigenvalue weighted by molar-refractivity contribution is 0.0659. The first-order valence-corrected chi connectivity index (χ1v) is 15.5. The molecule has 2 aromatic carbocycles. The van der Waals surface area contributed by atoms with Crippen LogP contribution < -0.4 is 10.1 Å². The Hall–Kier alpha value is -2.35. The third-order valence-electron chi connectivity index (χ3n) is 7.53. The summed E-state index contributed by atoms with van der Waals surface area (Å²) in [6.07, 6.45) is 0.601. The zero-order valence-electron chi connectivity index (χ0n) is 22.0. The minimum atomic E-state index is -1.79. The lowest BCUT2D eigenvalue weighted by Gasteiger charge is -2.35. The van der Waals surface area contributed by atoms with Gasteiger partial charge in [0.15, 0.2) is 8.32 Å². The van der Waals surface area contributed by atoms with Gasteiger partial charge in [0.25, 0.3) is 0 Å². The molecule has 0 aliphatic carbocycles. The van der Waals surface area contributed by atoms with E-state index in [0.717, 1.165) is 42.4 Å². The zero-order chi connectivity index (χ0) is 25.3. The van der Waals surface area contributed by atoms with Gasteiger partial charge in [0.1, 0.15) is 12.4 Å². The number of benzene rings is 2. The molecule has 0 aromatic heterocycles. The number of carbonyl (C=O) groups excluding carboxylic acids is 1. The Bertz CT molecular complexity index is 897. The van der Waals surface area contributed by atoms with Crippen molar-refractivity contribution >= 4 is 14.4 Å². The molecule has 3 rings (SSSR count). The maximum Gasteiger partial charge on any atom is 0.410 e. The van der Waals surface area contributed by atoms with Crippen molar-refractivity contribution in [1.29, 1.82) is 0 Å². The van der Waals surface area contributed by atoms with Crippen LogP contribution in [0.5, 0.6) is 5.75 Å². The molecule has 7 heteroatoms. The van der Waals surface area contributed by atoms with Crippen molar-refractivity contribution in [3.63, 3.8) is 0 Å². The fraction of sp³-hybridized carbons (Fsp3) is 0.536. The molecule has 0 radical (unpaired) electrons. The van der Waals surface area contributed by atoms with Crippen LogP contribution in [0.1, 0.15) is 45.2 Å². The maximum absolute atomic E-state index is 13.3. The van der Waals surface area contributed by atoms with Gasteiger partial charge in [-0.1, -0.05) is 63.2 Å². The Labute approximate surface area is 212 Å². The summed E-state index contributed by atoms with van der Waals surface area (Å²) >= 11 is 0. The molecule has 192 valence electrons. The molecular formula is C28H42N2O4Si. The summed E-state index contributed by atoms with van der Waals surface area (Å²) in [5.41, 5.74) is 2.17. The van der Waals surface area contributed by atoms with Crippen LogP contribution in [0.2, 0.25) is 18.1 Å². The van der Waals surface area contributed by atoms with Gasteiger partial charge in [0, 0.05) is 18.6 Å². The second-order valence-corrected chi connectivity index (χ2v) is 14.3. The van der Waals surface area contributed by atoms with Gasteiger partial charge >= 0.3 is 6.09 Å². The van der Waals surface area contributed by atoms with Gasteiger partial charge in [-0.25, -0.2) is 4.79 Å². The van der Waals surface area contributed by atoms with Gasteiger partial charge in [-0.05, 0) is 54.7 Å². The van der Waals surface area contributed by atoms with E-state index in [1.54, 1.807) is 7.11 Å². The van der Waals surface area contributed by atoms with E-state index in [4.69, 9.17) is 13.9 Å². The van der Waals surface area contributed by atoms with E-state index in [1.807, 2.05) is 47.4 Å². The van der Waals surface area contributed by atoms with Gasteiger partial charge in [-0.15, -0.1) is 0 Å². The smallest absolute Gasteiger partial charge is 0.410 e. The highest BCUT2D eigenvalue weighted by Crippen LogP contribution is 2.29. The van der Waals surface area contributed by atoms with Crippen LogP contribution in [-0.2, 0) is 22.3 Å². The van der Waals surface area contributed by atoms with Crippen molar-refractivity contribution in [2.45, 2.75) is 83.5 Å². The molecule has 1 N–H and O–H groups in total. The van der Waals surface area contributed by atoms with E-state index in [0.29, 0.717) is 6.61 Å². The highest BCUT2D eigenvalue weighted by atomic mass is 28.4. The number of methoxy groups -OCH3 is 1. The van der Waals surface area contributed by atoms with Crippen LogP contribution in [0.4, 0.5) is 4.79 Å². The number of likely N-dealkylation sites (tertiary alicyclic amines) is 1. The third-order valence-corrected chi connectivity index (χ3v) is 12.2. The molecule has 1 heterocycles. The van der Waals surface area contributed by atoms with Crippen molar-refractivity contribution in [3.05, 3.63) is 65.7 Å². The molecule has 3 atom stereocenters. The number of nitrogens with one attached hydrogen (secondary N) is 1. The number of ether oxygens (including phenoxy) is 2. The van der Waals surface area contributed by atoms with E-state index < -0.39 is 8.32 Å². The Morgan fingerprint density at radius 1 is 1.00 bits per heavy atom. The van der Waals surface area contributed by atoms with Gasteiger partial charge in [-0.2, -0.15) is 0 Å². The topological polar surface area (TPSA) is 60.0 Å². The second kappa shape index (κ2) is 13.1. The van der Waals surface area contributed by atoms with Crippen molar-refractivity contribution < 1.29 is 18.7 Å². The summed E-state index contributed by atoms with van der Waals surface area (Å²) < 4.78 is 17.7. The standard InChI is InChI=1S/C28H42N2O4Si/c1-6-35(7-2,8-3)34-21-27-26(29-19-23-14-16-25(32-5)17-15-23)18-22(4)30(27)28(31)33-20-24-12-10-9-11-13-24/h9-17,22,26-27,29H,6-8,18-21H2,1-5H3/t22-,26+,27+/m1/s1. The van der Waals surface area contributed by atoms with Crippen molar-refractivity contribution in [3.8, 4) is 5.75 Å².